The summed E-state index contributed by atoms with van der Waals surface area (Å²) in [6, 6.07) is -3.66. The Labute approximate surface area is 228 Å². The van der Waals surface area contributed by atoms with Crippen LogP contribution in [0.25, 0.3) is 0 Å². The van der Waals surface area contributed by atoms with Crippen molar-refractivity contribution in [2.45, 2.75) is 109 Å². The van der Waals surface area contributed by atoms with Crippen LogP contribution in [0.2, 0.25) is 0 Å². The highest BCUT2D eigenvalue weighted by molar-refractivity contribution is 6.38. The van der Waals surface area contributed by atoms with E-state index in [1.165, 1.54) is 0 Å². The number of fused-ring (bicyclic) bond motifs is 1. The van der Waals surface area contributed by atoms with Gasteiger partial charge in [-0.1, -0.05) is 41.0 Å². The summed E-state index contributed by atoms with van der Waals surface area (Å²) in [4.78, 5) is 66.2. The Hall–Kier alpha value is -2.63. The first-order valence-electron chi connectivity index (χ1n) is 14.0. The van der Waals surface area contributed by atoms with E-state index in [1.807, 2.05) is 0 Å². The average Bonchev–Trinajstić information content (AvgIpc) is 3.51. The maximum Gasteiger partial charge on any atom is 0.289 e. The van der Waals surface area contributed by atoms with Crippen molar-refractivity contribution < 1.29 is 37.9 Å². The fourth-order valence-electron chi connectivity index (χ4n) is 5.52. The fraction of sp³-hybridized carbons (Fsp3) is 0.815. The molecule has 3 aliphatic rings. The van der Waals surface area contributed by atoms with Gasteiger partial charge in [0, 0.05) is 24.9 Å². The van der Waals surface area contributed by atoms with E-state index < -0.39 is 89.7 Å². The van der Waals surface area contributed by atoms with Crippen molar-refractivity contribution in [1.82, 2.24) is 20.9 Å². The average molecular weight is 557 g/mol. The third-order valence-electron chi connectivity index (χ3n) is 8.03. The van der Waals surface area contributed by atoms with Gasteiger partial charge >= 0.3 is 0 Å². The van der Waals surface area contributed by atoms with Crippen molar-refractivity contribution in [3.63, 3.8) is 0 Å². The maximum absolute atomic E-state index is 14.8. The molecule has 220 valence electrons. The normalized spacial score (nSPS) is 26.1. The molecule has 4 N–H and O–H groups in total. The van der Waals surface area contributed by atoms with Crippen molar-refractivity contribution >= 4 is 29.4 Å². The first kappa shape index (κ1) is 30.9. The molecule has 10 nitrogen and oxygen atoms in total. The van der Waals surface area contributed by atoms with E-state index in [0.29, 0.717) is 6.42 Å². The SMILES string of the molecule is CCCC(NC(=O)[C@@H]1[C@H]2CCC(F)(F)[C@H]2CN1C(=O)[C@@H](NC(=O)[C@H](O)C(C)C)C(C)C)C(=O)C(=O)NC1CC1. The van der Waals surface area contributed by atoms with Crippen molar-refractivity contribution in [2.75, 3.05) is 6.54 Å². The Bertz CT molecular complexity index is 970. The van der Waals surface area contributed by atoms with Crippen LogP contribution in [0.5, 0.6) is 0 Å². The summed E-state index contributed by atoms with van der Waals surface area (Å²) in [7, 11) is 0. The van der Waals surface area contributed by atoms with Gasteiger partial charge in [0.25, 0.3) is 11.8 Å². The third kappa shape index (κ3) is 6.93. The number of nitrogens with one attached hydrogen (secondary N) is 3. The quantitative estimate of drug-likeness (QED) is 0.266. The van der Waals surface area contributed by atoms with Crippen LogP contribution in [-0.2, 0) is 24.0 Å². The monoisotopic (exact) mass is 556 g/mol. The summed E-state index contributed by atoms with van der Waals surface area (Å²) in [5, 5.41) is 17.9. The van der Waals surface area contributed by atoms with Gasteiger partial charge in [0.15, 0.2) is 0 Å². The van der Waals surface area contributed by atoms with Gasteiger partial charge in [-0.25, -0.2) is 8.78 Å². The molecule has 1 unspecified atom stereocenters. The molecule has 1 aliphatic heterocycles. The van der Waals surface area contributed by atoms with Crippen molar-refractivity contribution in [2.24, 2.45) is 23.7 Å². The first-order chi connectivity index (χ1) is 18.2. The number of aliphatic hydroxyl groups excluding tert-OH is 1. The number of hydrogen-bond acceptors (Lipinski definition) is 6. The van der Waals surface area contributed by atoms with E-state index in [-0.39, 0.29) is 25.4 Å². The lowest BCUT2D eigenvalue weighted by Gasteiger charge is -2.33. The lowest BCUT2D eigenvalue weighted by Crippen LogP contribution is -2.59. The van der Waals surface area contributed by atoms with Crippen LogP contribution >= 0.6 is 0 Å². The molecule has 1 heterocycles. The van der Waals surface area contributed by atoms with Gasteiger partial charge in [-0.3, -0.25) is 24.0 Å². The molecule has 2 aliphatic carbocycles. The summed E-state index contributed by atoms with van der Waals surface area (Å²) >= 11 is 0. The van der Waals surface area contributed by atoms with Gasteiger partial charge in [-0.15, -0.1) is 0 Å². The van der Waals surface area contributed by atoms with E-state index in [0.717, 1.165) is 17.7 Å². The predicted octanol–water partition coefficient (Wildman–Crippen LogP) is 1.15. The molecule has 3 rings (SSSR count). The minimum atomic E-state index is -3.08. The van der Waals surface area contributed by atoms with Crippen molar-refractivity contribution in [3.05, 3.63) is 0 Å². The number of likely N-dealkylation sites (tertiary alicyclic amines) is 1. The van der Waals surface area contributed by atoms with Gasteiger partial charge in [0.05, 0.1) is 6.04 Å². The molecule has 4 amide bonds. The zero-order valence-corrected chi connectivity index (χ0v) is 23.3. The van der Waals surface area contributed by atoms with Crippen LogP contribution in [0, 0.1) is 23.7 Å². The van der Waals surface area contributed by atoms with Crippen LogP contribution in [0.3, 0.4) is 0 Å². The Morgan fingerprint density at radius 3 is 2.18 bits per heavy atom. The van der Waals surface area contributed by atoms with Crippen LogP contribution in [0.1, 0.15) is 73.1 Å². The van der Waals surface area contributed by atoms with Gasteiger partial charge in [0.1, 0.15) is 18.2 Å². The molecule has 0 aromatic carbocycles. The summed E-state index contributed by atoms with van der Waals surface area (Å²) in [5.74, 6) is -9.90. The number of aliphatic hydroxyl groups is 1. The topological polar surface area (TPSA) is 145 Å². The van der Waals surface area contributed by atoms with Gasteiger partial charge in [-0.05, 0) is 43.4 Å². The minimum absolute atomic E-state index is 0.0128. The zero-order chi connectivity index (χ0) is 29.2. The Balaban J connectivity index is 1.85. The summed E-state index contributed by atoms with van der Waals surface area (Å²) < 4.78 is 29.6. The molecular weight excluding hydrogens is 514 g/mol. The lowest BCUT2D eigenvalue weighted by molar-refractivity contribution is -0.146. The molecule has 0 spiro atoms. The van der Waals surface area contributed by atoms with Gasteiger partial charge in [-0.2, -0.15) is 0 Å². The largest absolute Gasteiger partial charge is 0.383 e. The van der Waals surface area contributed by atoms with E-state index >= 15 is 0 Å². The van der Waals surface area contributed by atoms with Crippen LogP contribution in [0.4, 0.5) is 8.78 Å². The van der Waals surface area contributed by atoms with Crippen molar-refractivity contribution in [1.29, 1.82) is 0 Å². The number of carbonyl (C=O) groups is 5. The second-order valence-corrected chi connectivity index (χ2v) is 11.9. The zero-order valence-electron chi connectivity index (χ0n) is 23.3. The summed E-state index contributed by atoms with van der Waals surface area (Å²) in [5.41, 5.74) is 0. The third-order valence-corrected chi connectivity index (χ3v) is 8.03. The summed E-state index contributed by atoms with van der Waals surface area (Å²) in [6.45, 7) is 8.01. The van der Waals surface area contributed by atoms with E-state index in [9.17, 15) is 37.9 Å². The van der Waals surface area contributed by atoms with Crippen LogP contribution < -0.4 is 16.0 Å². The number of halogens is 2. The highest BCUT2D eigenvalue weighted by Gasteiger charge is 2.61. The molecule has 0 aromatic heterocycles. The highest BCUT2D eigenvalue weighted by Crippen LogP contribution is 2.51. The number of Topliss-reactive ketones (excluding diaryl/α,β-unsaturated/α-hetero) is 1. The first-order valence-corrected chi connectivity index (χ1v) is 14.0. The molecule has 0 aromatic rings. The highest BCUT2D eigenvalue weighted by atomic mass is 19.3. The van der Waals surface area contributed by atoms with Gasteiger partial charge < -0.3 is 26.0 Å². The number of hydrogen-bond donors (Lipinski definition) is 4. The molecule has 6 atom stereocenters. The Morgan fingerprint density at radius 2 is 1.64 bits per heavy atom. The number of alkyl halides is 2. The number of nitrogens with zero attached hydrogens (tertiary/aromatic N) is 1. The summed E-state index contributed by atoms with van der Waals surface area (Å²) in [6.07, 6.45) is 0.432. The van der Waals surface area contributed by atoms with Crippen molar-refractivity contribution in [3.8, 4) is 0 Å². The molecule has 39 heavy (non-hydrogen) atoms. The van der Waals surface area contributed by atoms with Crippen LogP contribution in [-0.4, -0.2) is 82.2 Å². The fourth-order valence-corrected chi connectivity index (χ4v) is 5.52. The lowest BCUT2D eigenvalue weighted by atomic mass is 9.91. The molecule has 0 bridgehead atoms. The maximum atomic E-state index is 14.8. The van der Waals surface area contributed by atoms with E-state index in [1.54, 1.807) is 34.6 Å². The standard InChI is InChI=1S/C27H42F2N4O6/c1-6-7-18(22(35)25(38)30-15-8-9-15)31-23(36)20-16-10-11-27(28,29)17(16)12-33(20)26(39)19(13(2)3)32-24(37)21(34)14(4)5/h13-21,34H,6-12H2,1-5H3,(H,30,38)(H,31,36)(H,32,37)/t16-,17-,18?,19-,20-,21+/m0/s1. The molecular formula is C27H42F2N4O6. The molecule has 0 radical (unpaired) electrons. The number of amides is 4. The Kier molecular flexibility index (Phi) is 9.72. The number of carbonyl (C=O) groups excluding carboxylic acids is 5. The molecule has 2 saturated carbocycles. The smallest absolute Gasteiger partial charge is 0.289 e. The van der Waals surface area contributed by atoms with E-state index in [4.69, 9.17) is 0 Å². The molecule has 3 fully saturated rings. The number of ketones is 1. The Morgan fingerprint density at radius 1 is 1.00 bits per heavy atom. The predicted molar refractivity (Wildman–Crippen MR) is 137 cm³/mol. The molecule has 12 heteroatoms. The second kappa shape index (κ2) is 12.3. The molecule has 1 saturated heterocycles. The number of rotatable bonds is 12. The van der Waals surface area contributed by atoms with Gasteiger partial charge in [0.2, 0.25) is 23.5 Å². The minimum Gasteiger partial charge on any atom is -0.383 e. The second-order valence-electron chi connectivity index (χ2n) is 11.9. The van der Waals surface area contributed by atoms with E-state index in [2.05, 4.69) is 16.0 Å². The van der Waals surface area contributed by atoms with Crippen LogP contribution in [0.15, 0.2) is 0 Å².